The van der Waals surface area contributed by atoms with Gasteiger partial charge in [-0.2, -0.15) is 13.1 Å². The normalized spacial score (nSPS) is 18.9. The first-order valence-corrected chi connectivity index (χ1v) is 11.8. The van der Waals surface area contributed by atoms with E-state index < -0.39 is 10.0 Å². The van der Waals surface area contributed by atoms with Crippen molar-refractivity contribution < 1.29 is 8.42 Å². The van der Waals surface area contributed by atoms with Crippen molar-refractivity contribution >= 4 is 32.8 Å². The number of hydrogen-bond donors (Lipinski definition) is 0. The number of aryl methyl sites for hydroxylation is 1. The molecule has 1 unspecified atom stereocenters. The predicted molar refractivity (Wildman–Crippen MR) is 110 cm³/mol. The summed E-state index contributed by atoms with van der Waals surface area (Å²) in [5.74, 6) is 1.30. The number of rotatable bonds is 5. The van der Waals surface area contributed by atoms with Crippen LogP contribution in [0.4, 0.5) is 0 Å². The fraction of sp³-hybridized carbons (Fsp3) is 0.526. The molecule has 3 aromatic rings. The molecule has 0 saturated carbocycles. The highest BCUT2D eigenvalue weighted by Gasteiger charge is 2.32. The van der Waals surface area contributed by atoms with Gasteiger partial charge >= 0.3 is 0 Å². The lowest BCUT2D eigenvalue weighted by Gasteiger charge is -2.32. The van der Waals surface area contributed by atoms with Crippen molar-refractivity contribution in [1.82, 2.24) is 22.6 Å². The monoisotopic (exact) mass is 419 g/mol. The molecule has 0 radical (unpaired) electrons. The lowest BCUT2D eigenvalue weighted by Crippen LogP contribution is -2.40. The largest absolute Gasteiger partial charge is 0.330 e. The maximum atomic E-state index is 13.3. The van der Waals surface area contributed by atoms with E-state index in [0.717, 1.165) is 42.5 Å². The van der Waals surface area contributed by atoms with Gasteiger partial charge in [-0.25, -0.2) is 13.4 Å². The van der Waals surface area contributed by atoms with E-state index in [1.807, 2.05) is 6.20 Å². The molecular formula is C19H25N5O2S2. The van der Waals surface area contributed by atoms with Crippen LogP contribution < -0.4 is 0 Å². The van der Waals surface area contributed by atoms with Crippen LogP contribution in [0.5, 0.6) is 0 Å². The first kappa shape index (κ1) is 19.5. The van der Waals surface area contributed by atoms with Crippen LogP contribution in [-0.2, 0) is 16.4 Å². The average Bonchev–Trinajstić information content (AvgIpc) is 3.28. The van der Waals surface area contributed by atoms with Crippen molar-refractivity contribution in [2.75, 3.05) is 13.1 Å². The van der Waals surface area contributed by atoms with Crippen molar-refractivity contribution in [3.8, 4) is 0 Å². The smallest absolute Gasteiger partial charge is 0.245 e. The first-order valence-electron chi connectivity index (χ1n) is 9.62. The van der Waals surface area contributed by atoms with Gasteiger partial charge in [-0.1, -0.05) is 6.07 Å². The number of hydrogen-bond acceptors (Lipinski definition) is 6. The molecule has 0 aliphatic carbocycles. The SMILES string of the molecule is Cc1cnc(CC2CCCN(S(=O)(=O)c3cccc4nsnc34)C2)n1C(C)C. The topological polar surface area (TPSA) is 81.0 Å². The van der Waals surface area contributed by atoms with Crippen LogP contribution in [0, 0.1) is 12.8 Å². The molecule has 1 fully saturated rings. The molecule has 1 aromatic carbocycles. The molecule has 0 spiro atoms. The second kappa shape index (κ2) is 7.53. The molecule has 3 heterocycles. The van der Waals surface area contributed by atoms with Gasteiger partial charge in [-0.05, 0) is 51.7 Å². The Morgan fingerprint density at radius 3 is 2.89 bits per heavy atom. The molecule has 1 aliphatic rings. The van der Waals surface area contributed by atoms with Crippen molar-refractivity contribution in [3.63, 3.8) is 0 Å². The molecule has 7 nitrogen and oxygen atoms in total. The summed E-state index contributed by atoms with van der Waals surface area (Å²) < 4.78 is 38.9. The van der Waals surface area contributed by atoms with E-state index in [-0.39, 0.29) is 10.8 Å². The Morgan fingerprint density at radius 1 is 1.29 bits per heavy atom. The summed E-state index contributed by atoms with van der Waals surface area (Å²) in [4.78, 5) is 4.85. The number of imidazole rings is 1. The van der Waals surface area contributed by atoms with Gasteiger partial charge in [0.25, 0.3) is 0 Å². The van der Waals surface area contributed by atoms with E-state index in [1.54, 1.807) is 22.5 Å². The third-order valence-electron chi connectivity index (χ3n) is 5.39. The number of piperidine rings is 1. The molecule has 2 aromatic heterocycles. The van der Waals surface area contributed by atoms with Crippen LogP contribution in [0.1, 0.15) is 44.2 Å². The molecule has 1 saturated heterocycles. The number of aromatic nitrogens is 4. The summed E-state index contributed by atoms with van der Waals surface area (Å²) in [6.45, 7) is 7.43. The van der Waals surface area contributed by atoms with E-state index >= 15 is 0 Å². The highest BCUT2D eigenvalue weighted by molar-refractivity contribution is 7.89. The van der Waals surface area contributed by atoms with Gasteiger partial charge in [-0.3, -0.25) is 0 Å². The van der Waals surface area contributed by atoms with Gasteiger partial charge in [0.05, 0.1) is 11.7 Å². The maximum Gasteiger partial charge on any atom is 0.245 e. The van der Waals surface area contributed by atoms with Crippen LogP contribution in [0.15, 0.2) is 29.3 Å². The van der Waals surface area contributed by atoms with E-state index in [2.05, 4.69) is 39.1 Å². The number of fused-ring (bicyclic) bond motifs is 1. The van der Waals surface area contributed by atoms with E-state index in [0.29, 0.717) is 30.2 Å². The van der Waals surface area contributed by atoms with Gasteiger partial charge in [0, 0.05) is 37.4 Å². The number of benzene rings is 1. The summed E-state index contributed by atoms with van der Waals surface area (Å²) in [5.41, 5.74) is 2.25. The highest BCUT2D eigenvalue weighted by Crippen LogP contribution is 2.29. The second-order valence-electron chi connectivity index (χ2n) is 7.74. The van der Waals surface area contributed by atoms with Gasteiger partial charge in [0.15, 0.2) is 0 Å². The number of sulfonamides is 1. The lowest BCUT2D eigenvalue weighted by atomic mass is 9.96. The molecule has 150 valence electrons. The Morgan fingerprint density at radius 2 is 2.11 bits per heavy atom. The van der Waals surface area contributed by atoms with Crippen molar-refractivity contribution in [2.24, 2.45) is 5.92 Å². The third kappa shape index (κ3) is 3.46. The molecule has 0 bridgehead atoms. The molecule has 28 heavy (non-hydrogen) atoms. The van der Waals surface area contributed by atoms with Crippen LogP contribution in [0.3, 0.4) is 0 Å². The Kier molecular flexibility index (Phi) is 5.24. The summed E-state index contributed by atoms with van der Waals surface area (Å²) in [6.07, 6.45) is 4.57. The standard InChI is InChI=1S/C19H25N5O2S2/c1-13(2)24-14(3)11-20-18(24)10-15-6-5-9-23(12-15)28(25,26)17-8-4-7-16-19(17)22-27-21-16/h4,7-8,11,13,15H,5-6,9-10,12H2,1-3H3. The summed E-state index contributed by atoms with van der Waals surface area (Å²) in [6, 6.07) is 5.51. The minimum absolute atomic E-state index is 0.260. The zero-order valence-electron chi connectivity index (χ0n) is 16.4. The van der Waals surface area contributed by atoms with Crippen molar-refractivity contribution in [2.45, 2.75) is 51.0 Å². The highest BCUT2D eigenvalue weighted by atomic mass is 32.2. The fourth-order valence-electron chi connectivity index (χ4n) is 4.15. The average molecular weight is 420 g/mol. The number of nitrogens with zero attached hydrogens (tertiary/aromatic N) is 5. The summed E-state index contributed by atoms with van der Waals surface area (Å²) >= 11 is 1.04. The minimum atomic E-state index is -3.59. The molecule has 9 heteroatoms. The van der Waals surface area contributed by atoms with E-state index in [1.165, 1.54) is 0 Å². The van der Waals surface area contributed by atoms with Gasteiger partial charge < -0.3 is 4.57 Å². The molecular weight excluding hydrogens is 394 g/mol. The van der Waals surface area contributed by atoms with E-state index in [9.17, 15) is 8.42 Å². The van der Waals surface area contributed by atoms with Crippen LogP contribution >= 0.6 is 11.7 Å². The zero-order chi connectivity index (χ0) is 19.9. The lowest BCUT2D eigenvalue weighted by molar-refractivity contribution is 0.260. The Bertz CT molecular complexity index is 1090. The van der Waals surface area contributed by atoms with Crippen molar-refractivity contribution in [3.05, 3.63) is 35.9 Å². The Labute approximate surface area is 169 Å². The Balaban J connectivity index is 1.58. The third-order valence-corrected chi connectivity index (χ3v) is 7.83. The fourth-order valence-corrected chi connectivity index (χ4v) is 6.46. The van der Waals surface area contributed by atoms with Crippen LogP contribution in [-0.4, -0.2) is 44.1 Å². The quantitative estimate of drug-likeness (QED) is 0.633. The maximum absolute atomic E-state index is 13.3. The van der Waals surface area contributed by atoms with Crippen LogP contribution in [0.2, 0.25) is 0 Å². The zero-order valence-corrected chi connectivity index (χ0v) is 18.0. The van der Waals surface area contributed by atoms with E-state index in [4.69, 9.17) is 0 Å². The second-order valence-corrected chi connectivity index (χ2v) is 10.2. The Hall–Kier alpha value is -1.84. The molecule has 0 amide bonds. The first-order chi connectivity index (χ1) is 13.4. The predicted octanol–water partition coefficient (Wildman–Crippen LogP) is 3.42. The molecule has 1 atom stereocenters. The van der Waals surface area contributed by atoms with Crippen molar-refractivity contribution in [1.29, 1.82) is 0 Å². The van der Waals surface area contributed by atoms with Gasteiger partial charge in [0.2, 0.25) is 10.0 Å². The minimum Gasteiger partial charge on any atom is -0.330 e. The van der Waals surface area contributed by atoms with Gasteiger partial charge in [0.1, 0.15) is 21.8 Å². The van der Waals surface area contributed by atoms with Crippen LogP contribution in [0.25, 0.3) is 11.0 Å². The molecule has 0 N–H and O–H groups in total. The summed E-state index contributed by atoms with van der Waals surface area (Å²) in [5, 5.41) is 0. The van der Waals surface area contributed by atoms with Gasteiger partial charge in [-0.15, -0.1) is 0 Å². The molecule has 1 aliphatic heterocycles. The summed E-state index contributed by atoms with van der Waals surface area (Å²) in [7, 11) is -3.59. The molecule has 4 rings (SSSR count).